The zero-order valence-electron chi connectivity index (χ0n) is 14.7. The van der Waals surface area contributed by atoms with E-state index in [0.717, 1.165) is 0 Å². The third-order valence-corrected chi connectivity index (χ3v) is 3.16. The highest BCUT2D eigenvalue weighted by atomic mass is 16.5. The first-order chi connectivity index (χ1) is 10.7. The first-order valence-electron chi connectivity index (χ1n) is 7.54. The minimum Gasteiger partial charge on any atom is -0.497 e. The number of likely N-dealkylation sites (N-methyl/N-ethyl adjacent to an activating group) is 1. The van der Waals surface area contributed by atoms with E-state index in [2.05, 4.69) is 5.32 Å². The maximum absolute atomic E-state index is 12.7. The summed E-state index contributed by atoms with van der Waals surface area (Å²) in [6.07, 6.45) is 0. The molecule has 6 nitrogen and oxygen atoms in total. The number of rotatable bonds is 6. The number of amides is 2. The van der Waals surface area contributed by atoms with E-state index in [0.29, 0.717) is 23.6 Å². The molecule has 128 valence electrons. The second-order valence-electron chi connectivity index (χ2n) is 6.18. The zero-order chi connectivity index (χ0) is 17.6. The normalized spacial score (nSPS) is 10.9. The van der Waals surface area contributed by atoms with Gasteiger partial charge in [-0.2, -0.15) is 0 Å². The maximum Gasteiger partial charge on any atom is 0.258 e. The van der Waals surface area contributed by atoms with Gasteiger partial charge < -0.3 is 19.7 Å². The topological polar surface area (TPSA) is 67.9 Å². The molecule has 0 saturated carbocycles. The summed E-state index contributed by atoms with van der Waals surface area (Å²) in [4.78, 5) is 26.2. The molecule has 1 rings (SSSR count). The van der Waals surface area contributed by atoms with E-state index < -0.39 is 0 Å². The van der Waals surface area contributed by atoms with Crippen LogP contribution in [0.4, 0.5) is 0 Å². The Kier molecular flexibility index (Phi) is 6.42. The van der Waals surface area contributed by atoms with Crippen molar-refractivity contribution < 1.29 is 19.1 Å². The van der Waals surface area contributed by atoms with E-state index in [-0.39, 0.29) is 23.9 Å². The lowest BCUT2D eigenvalue weighted by molar-refractivity contribution is -0.123. The van der Waals surface area contributed by atoms with Gasteiger partial charge in [-0.3, -0.25) is 9.59 Å². The van der Waals surface area contributed by atoms with Gasteiger partial charge in [0.25, 0.3) is 5.91 Å². The summed E-state index contributed by atoms with van der Waals surface area (Å²) >= 11 is 0. The molecule has 1 aromatic carbocycles. The fourth-order valence-corrected chi connectivity index (χ4v) is 2.10. The Labute approximate surface area is 137 Å². The first-order valence-corrected chi connectivity index (χ1v) is 7.54. The number of nitrogens with one attached hydrogen (secondary N) is 1. The lowest BCUT2D eigenvalue weighted by atomic mass is 10.1. The van der Waals surface area contributed by atoms with Gasteiger partial charge in [0, 0.05) is 18.2 Å². The van der Waals surface area contributed by atoms with Gasteiger partial charge in [-0.1, -0.05) is 0 Å². The number of carbonyl (C=O) groups excluding carboxylic acids is 2. The van der Waals surface area contributed by atoms with Crippen molar-refractivity contribution in [1.29, 1.82) is 0 Å². The second kappa shape index (κ2) is 7.85. The van der Waals surface area contributed by atoms with Crippen LogP contribution in [0.1, 0.15) is 38.1 Å². The molecule has 1 aromatic rings. The third-order valence-electron chi connectivity index (χ3n) is 3.16. The summed E-state index contributed by atoms with van der Waals surface area (Å²) in [5.41, 5.74) is 0.0656. The Morgan fingerprint density at radius 3 is 2.30 bits per heavy atom. The zero-order valence-corrected chi connectivity index (χ0v) is 14.7. The summed E-state index contributed by atoms with van der Waals surface area (Å²) in [7, 11) is 3.04. The predicted molar refractivity (Wildman–Crippen MR) is 89.0 cm³/mol. The molecule has 0 atom stereocenters. The van der Waals surface area contributed by atoms with Crippen molar-refractivity contribution >= 4 is 11.8 Å². The Morgan fingerprint density at radius 1 is 1.17 bits per heavy atom. The van der Waals surface area contributed by atoms with Crippen LogP contribution in [0.15, 0.2) is 18.2 Å². The molecule has 1 N–H and O–H groups in total. The summed E-state index contributed by atoms with van der Waals surface area (Å²) in [5.74, 6) is 0.576. The number of hydrogen-bond acceptors (Lipinski definition) is 4. The Hall–Kier alpha value is -2.24. The number of nitrogens with zero attached hydrogens (tertiary/aromatic N) is 1. The van der Waals surface area contributed by atoms with Gasteiger partial charge in [0.15, 0.2) is 0 Å². The van der Waals surface area contributed by atoms with Crippen LogP contribution in [-0.4, -0.2) is 49.6 Å². The van der Waals surface area contributed by atoms with Crippen molar-refractivity contribution in [2.75, 3.05) is 27.3 Å². The van der Waals surface area contributed by atoms with Crippen LogP contribution in [0, 0.1) is 0 Å². The summed E-state index contributed by atoms with van der Waals surface area (Å²) < 4.78 is 10.4. The third kappa shape index (κ3) is 5.47. The van der Waals surface area contributed by atoms with Crippen molar-refractivity contribution in [2.24, 2.45) is 0 Å². The van der Waals surface area contributed by atoms with E-state index in [1.807, 2.05) is 27.7 Å². The highest BCUT2D eigenvalue weighted by Crippen LogP contribution is 2.25. The molecular formula is C17H26N2O4. The molecule has 0 fully saturated rings. The minimum atomic E-state index is -0.336. The number of benzene rings is 1. The van der Waals surface area contributed by atoms with Crippen molar-refractivity contribution in [3.8, 4) is 11.5 Å². The van der Waals surface area contributed by atoms with Crippen molar-refractivity contribution in [3.63, 3.8) is 0 Å². The molecule has 6 heteroatoms. The fourth-order valence-electron chi connectivity index (χ4n) is 2.10. The minimum absolute atomic E-state index is 0.00177. The van der Waals surface area contributed by atoms with E-state index in [9.17, 15) is 9.59 Å². The van der Waals surface area contributed by atoms with Crippen LogP contribution in [-0.2, 0) is 4.79 Å². The molecule has 0 aliphatic rings. The van der Waals surface area contributed by atoms with Gasteiger partial charge in [0.1, 0.15) is 11.5 Å². The molecule has 0 aliphatic heterocycles. The highest BCUT2D eigenvalue weighted by Gasteiger charge is 2.22. The maximum atomic E-state index is 12.7. The molecule has 0 radical (unpaired) electrons. The van der Waals surface area contributed by atoms with E-state index in [4.69, 9.17) is 9.47 Å². The van der Waals surface area contributed by atoms with Gasteiger partial charge in [-0.15, -0.1) is 0 Å². The van der Waals surface area contributed by atoms with Crippen LogP contribution in [0.5, 0.6) is 11.5 Å². The fraction of sp³-hybridized carbons (Fsp3) is 0.529. The SMILES string of the molecule is CCN(CC(=O)NC(C)(C)C)C(=O)c1ccc(OC)cc1OC. The lowest BCUT2D eigenvalue weighted by Gasteiger charge is -2.25. The van der Waals surface area contributed by atoms with Crippen LogP contribution in [0.2, 0.25) is 0 Å². The quantitative estimate of drug-likeness (QED) is 0.871. The molecule has 0 spiro atoms. The number of methoxy groups -OCH3 is 2. The van der Waals surface area contributed by atoms with Crippen molar-refractivity contribution in [1.82, 2.24) is 10.2 Å². The van der Waals surface area contributed by atoms with Crippen LogP contribution in [0.25, 0.3) is 0 Å². The van der Waals surface area contributed by atoms with Crippen LogP contribution < -0.4 is 14.8 Å². The largest absolute Gasteiger partial charge is 0.497 e. The average Bonchev–Trinajstić information content (AvgIpc) is 2.49. The monoisotopic (exact) mass is 322 g/mol. The number of carbonyl (C=O) groups is 2. The smallest absolute Gasteiger partial charge is 0.258 e. The first kappa shape index (κ1) is 18.8. The summed E-state index contributed by atoms with van der Waals surface area (Å²) in [6.45, 7) is 7.95. The van der Waals surface area contributed by atoms with Gasteiger partial charge in [-0.25, -0.2) is 0 Å². The Bertz CT molecular complexity index is 564. The Balaban J connectivity index is 2.94. The standard InChI is InChI=1S/C17H26N2O4/c1-7-19(11-15(20)18-17(2,3)4)16(21)13-9-8-12(22-5)10-14(13)23-6/h8-10H,7,11H2,1-6H3,(H,18,20). The summed E-state index contributed by atoms with van der Waals surface area (Å²) in [6, 6.07) is 4.99. The van der Waals surface area contributed by atoms with Gasteiger partial charge in [-0.05, 0) is 39.8 Å². The molecule has 0 bridgehead atoms. The van der Waals surface area contributed by atoms with Crippen molar-refractivity contribution in [2.45, 2.75) is 33.2 Å². The van der Waals surface area contributed by atoms with Gasteiger partial charge >= 0.3 is 0 Å². The van der Waals surface area contributed by atoms with Crippen LogP contribution in [0.3, 0.4) is 0 Å². The van der Waals surface area contributed by atoms with Gasteiger partial charge in [0.05, 0.1) is 26.3 Å². The predicted octanol–water partition coefficient (Wildman–Crippen LogP) is 2.08. The highest BCUT2D eigenvalue weighted by molar-refractivity contribution is 5.99. The molecule has 23 heavy (non-hydrogen) atoms. The number of hydrogen-bond donors (Lipinski definition) is 1. The second-order valence-corrected chi connectivity index (χ2v) is 6.18. The Morgan fingerprint density at radius 2 is 1.83 bits per heavy atom. The van der Waals surface area contributed by atoms with E-state index in [1.165, 1.54) is 12.0 Å². The van der Waals surface area contributed by atoms with Crippen molar-refractivity contribution in [3.05, 3.63) is 23.8 Å². The molecule has 0 unspecified atom stereocenters. The van der Waals surface area contributed by atoms with Crippen LogP contribution >= 0.6 is 0 Å². The van der Waals surface area contributed by atoms with E-state index >= 15 is 0 Å². The average molecular weight is 322 g/mol. The summed E-state index contributed by atoms with van der Waals surface area (Å²) in [5, 5.41) is 2.85. The molecule has 0 aliphatic carbocycles. The molecule has 0 heterocycles. The van der Waals surface area contributed by atoms with E-state index in [1.54, 1.807) is 25.3 Å². The number of ether oxygens (including phenoxy) is 2. The molecule has 0 saturated heterocycles. The van der Waals surface area contributed by atoms with Gasteiger partial charge in [0.2, 0.25) is 5.91 Å². The molecule has 0 aromatic heterocycles. The molecular weight excluding hydrogens is 296 g/mol. The molecule has 2 amide bonds. The lowest BCUT2D eigenvalue weighted by Crippen LogP contribution is -2.47.